The largest absolute Gasteiger partial charge is 0.497 e. The van der Waals surface area contributed by atoms with Crippen LogP contribution in [-0.4, -0.2) is 43.2 Å². The molecule has 3 rings (SSSR count). The Morgan fingerprint density at radius 2 is 2.07 bits per heavy atom. The molecule has 2 heterocycles. The Bertz CT molecular complexity index is 820. The van der Waals surface area contributed by atoms with Crippen LogP contribution in [0.5, 0.6) is 11.5 Å². The van der Waals surface area contributed by atoms with Gasteiger partial charge in [0, 0.05) is 31.1 Å². The fourth-order valence-corrected chi connectivity index (χ4v) is 3.96. The Kier molecular flexibility index (Phi) is 8.16. The first-order valence-corrected chi connectivity index (χ1v) is 10.5. The molecule has 1 aliphatic heterocycles. The van der Waals surface area contributed by atoms with Gasteiger partial charge in [0.2, 0.25) is 5.91 Å². The standard InChI is InChI=1S/C23H32N2O5/c1-28-19-7-6-18(22(12-19)29-2)13-24-23(27)10-5-17-4-3-11-25(14-17)15-20-8-9-21(16-26)30-20/h6-9,12,17,26H,3-5,10-11,13-16H2,1-2H3,(H,24,27). The van der Waals surface area contributed by atoms with Gasteiger partial charge in [-0.2, -0.15) is 0 Å². The molecule has 2 N–H and O–H groups in total. The highest BCUT2D eigenvalue weighted by molar-refractivity contribution is 5.75. The molecule has 1 fully saturated rings. The fraction of sp³-hybridized carbons (Fsp3) is 0.522. The van der Waals surface area contributed by atoms with Gasteiger partial charge in [-0.1, -0.05) is 0 Å². The average molecular weight is 417 g/mol. The highest BCUT2D eigenvalue weighted by Crippen LogP contribution is 2.25. The molecule has 1 unspecified atom stereocenters. The molecule has 7 heteroatoms. The summed E-state index contributed by atoms with van der Waals surface area (Å²) in [6, 6.07) is 9.34. The van der Waals surface area contributed by atoms with E-state index in [1.165, 1.54) is 0 Å². The molecule has 0 aliphatic carbocycles. The number of furan rings is 1. The lowest BCUT2D eigenvalue weighted by atomic mass is 9.93. The van der Waals surface area contributed by atoms with Gasteiger partial charge >= 0.3 is 0 Å². The minimum atomic E-state index is -0.0693. The molecule has 164 valence electrons. The monoisotopic (exact) mass is 416 g/mol. The van der Waals surface area contributed by atoms with Gasteiger partial charge in [-0.3, -0.25) is 9.69 Å². The zero-order valence-electron chi connectivity index (χ0n) is 17.9. The van der Waals surface area contributed by atoms with Gasteiger partial charge in [-0.25, -0.2) is 0 Å². The lowest BCUT2D eigenvalue weighted by Gasteiger charge is -2.32. The normalized spacial score (nSPS) is 17.0. The van der Waals surface area contributed by atoms with E-state index in [9.17, 15) is 4.79 Å². The van der Waals surface area contributed by atoms with Crippen molar-refractivity contribution in [1.29, 1.82) is 0 Å². The maximum atomic E-state index is 12.4. The second-order valence-corrected chi connectivity index (χ2v) is 7.76. The number of nitrogens with one attached hydrogen (secondary N) is 1. The molecule has 1 atom stereocenters. The molecule has 2 aromatic rings. The van der Waals surface area contributed by atoms with E-state index < -0.39 is 0 Å². The summed E-state index contributed by atoms with van der Waals surface area (Å²) in [6.45, 7) is 3.12. The first-order valence-electron chi connectivity index (χ1n) is 10.5. The number of carbonyl (C=O) groups is 1. The predicted molar refractivity (Wildman–Crippen MR) is 113 cm³/mol. The van der Waals surface area contributed by atoms with Gasteiger partial charge in [0.15, 0.2) is 0 Å². The van der Waals surface area contributed by atoms with E-state index in [0.717, 1.165) is 56.0 Å². The number of benzene rings is 1. The molecule has 0 bridgehead atoms. The summed E-state index contributed by atoms with van der Waals surface area (Å²) in [4.78, 5) is 14.7. The molecule has 1 aliphatic rings. The number of amides is 1. The molecule has 1 aromatic carbocycles. The zero-order chi connectivity index (χ0) is 21.3. The molecule has 1 saturated heterocycles. The number of hydrogen-bond donors (Lipinski definition) is 2. The second kappa shape index (κ2) is 11.0. The number of nitrogens with zero attached hydrogens (tertiary/aromatic N) is 1. The van der Waals surface area contributed by atoms with Crippen molar-refractivity contribution in [2.45, 2.75) is 45.4 Å². The Labute approximate surface area is 178 Å². The van der Waals surface area contributed by atoms with Crippen molar-refractivity contribution in [2.75, 3.05) is 27.3 Å². The first-order chi connectivity index (χ1) is 14.6. The van der Waals surface area contributed by atoms with E-state index in [1.807, 2.05) is 30.3 Å². The molecule has 7 nitrogen and oxygen atoms in total. The number of aliphatic hydroxyl groups excluding tert-OH is 1. The number of likely N-dealkylation sites (tertiary alicyclic amines) is 1. The van der Waals surface area contributed by atoms with Gasteiger partial charge in [-0.15, -0.1) is 0 Å². The van der Waals surface area contributed by atoms with E-state index in [2.05, 4.69) is 10.2 Å². The van der Waals surface area contributed by atoms with Crippen molar-refractivity contribution in [3.05, 3.63) is 47.4 Å². The quantitative estimate of drug-likeness (QED) is 0.619. The molecule has 1 aromatic heterocycles. The minimum Gasteiger partial charge on any atom is -0.497 e. The Hall–Kier alpha value is -2.51. The molecule has 30 heavy (non-hydrogen) atoms. The van der Waals surface area contributed by atoms with E-state index in [4.69, 9.17) is 19.0 Å². The number of piperidine rings is 1. The lowest BCUT2D eigenvalue weighted by Crippen LogP contribution is -2.35. The molecule has 0 saturated carbocycles. The third-order valence-corrected chi connectivity index (χ3v) is 5.61. The molecule has 1 amide bonds. The SMILES string of the molecule is COc1ccc(CNC(=O)CCC2CCCN(Cc3ccc(CO)o3)C2)c(OC)c1. The molecular formula is C23H32N2O5. The summed E-state index contributed by atoms with van der Waals surface area (Å²) in [5, 5.41) is 12.1. The highest BCUT2D eigenvalue weighted by Gasteiger charge is 2.21. The number of methoxy groups -OCH3 is 2. The van der Waals surface area contributed by atoms with Crippen LogP contribution in [0.25, 0.3) is 0 Å². The fourth-order valence-electron chi connectivity index (χ4n) is 3.96. The van der Waals surface area contributed by atoms with Crippen LogP contribution in [0.3, 0.4) is 0 Å². The van der Waals surface area contributed by atoms with Gasteiger partial charge in [-0.05, 0) is 56.0 Å². The van der Waals surface area contributed by atoms with Crippen LogP contribution in [0.1, 0.15) is 42.8 Å². The van der Waals surface area contributed by atoms with Crippen LogP contribution < -0.4 is 14.8 Å². The minimum absolute atomic E-state index is 0.0589. The number of rotatable bonds is 10. The Balaban J connectivity index is 1.42. The molecule has 0 radical (unpaired) electrons. The lowest BCUT2D eigenvalue weighted by molar-refractivity contribution is -0.121. The van der Waals surface area contributed by atoms with Gasteiger partial charge in [0.05, 0.1) is 20.8 Å². The summed E-state index contributed by atoms with van der Waals surface area (Å²) < 4.78 is 16.2. The van der Waals surface area contributed by atoms with Crippen LogP contribution >= 0.6 is 0 Å². The summed E-state index contributed by atoms with van der Waals surface area (Å²) in [6.07, 6.45) is 3.67. The van der Waals surface area contributed by atoms with Crippen molar-refractivity contribution in [2.24, 2.45) is 5.92 Å². The van der Waals surface area contributed by atoms with Gasteiger partial charge in [0.1, 0.15) is 29.6 Å². The van der Waals surface area contributed by atoms with Gasteiger partial charge in [0.25, 0.3) is 0 Å². The predicted octanol–water partition coefficient (Wildman–Crippen LogP) is 3.10. The summed E-state index contributed by atoms with van der Waals surface area (Å²) >= 11 is 0. The van der Waals surface area contributed by atoms with E-state index in [-0.39, 0.29) is 12.5 Å². The Morgan fingerprint density at radius 3 is 2.80 bits per heavy atom. The first kappa shape index (κ1) is 22.2. The van der Waals surface area contributed by atoms with E-state index in [1.54, 1.807) is 14.2 Å². The number of hydrogen-bond acceptors (Lipinski definition) is 6. The average Bonchev–Trinajstić information content (AvgIpc) is 3.23. The van der Waals surface area contributed by atoms with Crippen LogP contribution in [0.4, 0.5) is 0 Å². The summed E-state index contributed by atoms with van der Waals surface area (Å²) in [7, 11) is 3.23. The van der Waals surface area contributed by atoms with Crippen LogP contribution in [0.15, 0.2) is 34.7 Å². The highest BCUT2D eigenvalue weighted by atomic mass is 16.5. The van der Waals surface area contributed by atoms with E-state index >= 15 is 0 Å². The molecule has 0 spiro atoms. The van der Waals surface area contributed by atoms with Crippen LogP contribution in [0.2, 0.25) is 0 Å². The number of ether oxygens (including phenoxy) is 2. The number of carbonyl (C=O) groups excluding carboxylic acids is 1. The zero-order valence-corrected chi connectivity index (χ0v) is 17.9. The maximum Gasteiger partial charge on any atom is 0.220 e. The van der Waals surface area contributed by atoms with Crippen LogP contribution in [-0.2, 0) is 24.5 Å². The summed E-state index contributed by atoms with van der Waals surface area (Å²) in [5.74, 6) is 3.48. The van der Waals surface area contributed by atoms with Crippen molar-refractivity contribution in [1.82, 2.24) is 10.2 Å². The Morgan fingerprint density at radius 1 is 1.23 bits per heavy atom. The van der Waals surface area contributed by atoms with Gasteiger partial charge < -0.3 is 24.3 Å². The van der Waals surface area contributed by atoms with Crippen molar-refractivity contribution in [3.8, 4) is 11.5 Å². The number of aliphatic hydroxyl groups is 1. The van der Waals surface area contributed by atoms with E-state index in [0.29, 0.717) is 30.4 Å². The van der Waals surface area contributed by atoms with Crippen molar-refractivity contribution < 1.29 is 23.8 Å². The summed E-state index contributed by atoms with van der Waals surface area (Å²) in [5.41, 5.74) is 0.927. The second-order valence-electron chi connectivity index (χ2n) is 7.76. The van der Waals surface area contributed by atoms with Crippen molar-refractivity contribution >= 4 is 5.91 Å². The third kappa shape index (κ3) is 6.24. The smallest absolute Gasteiger partial charge is 0.220 e. The topological polar surface area (TPSA) is 84.2 Å². The third-order valence-electron chi connectivity index (χ3n) is 5.61. The van der Waals surface area contributed by atoms with Crippen molar-refractivity contribution in [3.63, 3.8) is 0 Å². The maximum absolute atomic E-state index is 12.4. The van der Waals surface area contributed by atoms with Crippen LogP contribution in [0, 0.1) is 5.92 Å². The molecular weight excluding hydrogens is 384 g/mol.